The number of rotatable bonds is 5. The molecule has 24 heavy (non-hydrogen) atoms. The minimum absolute atomic E-state index is 0.679. The van der Waals surface area contributed by atoms with Crippen molar-refractivity contribution >= 4 is 25.8 Å². The van der Waals surface area contributed by atoms with Gasteiger partial charge in [-0.05, 0) is 0 Å². The summed E-state index contributed by atoms with van der Waals surface area (Å²) >= 11 is -2.86. The quantitative estimate of drug-likeness (QED) is 0.600. The maximum atomic E-state index is 2.41. The van der Waals surface area contributed by atoms with Gasteiger partial charge in [0.1, 0.15) is 0 Å². The van der Waals surface area contributed by atoms with Crippen LogP contribution in [0.15, 0.2) is 94.6 Å². The van der Waals surface area contributed by atoms with Crippen molar-refractivity contribution in [2.75, 3.05) is 0 Å². The Morgan fingerprint density at radius 3 is 1.96 bits per heavy atom. The number of hydrogen-bond acceptors (Lipinski definition) is 0. The zero-order valence-electron chi connectivity index (χ0n) is 14.6. The first-order valence-corrected chi connectivity index (χ1v) is 14.4. The Morgan fingerprint density at radius 2 is 1.42 bits per heavy atom. The zero-order valence-corrected chi connectivity index (χ0v) is 17.2. The second-order valence-corrected chi connectivity index (χ2v) is 16.8. The van der Waals surface area contributed by atoms with Crippen LogP contribution in [0.4, 0.5) is 0 Å². The van der Waals surface area contributed by atoms with E-state index in [9.17, 15) is 0 Å². The van der Waals surface area contributed by atoms with Gasteiger partial charge in [0.15, 0.2) is 0 Å². The van der Waals surface area contributed by atoms with E-state index in [1.54, 1.807) is 10.5 Å². The molecule has 0 atom stereocenters. The molecule has 3 rings (SSSR count). The average molecular weight is 424 g/mol. The second kappa shape index (κ2) is 8.04. The van der Waals surface area contributed by atoms with Crippen LogP contribution in [0.3, 0.4) is 0 Å². The monoisotopic (exact) mass is 423 g/mol. The Hall–Kier alpha value is -1.52. The van der Waals surface area contributed by atoms with Crippen LogP contribution in [-0.2, 0) is 0 Å². The summed E-state index contributed by atoms with van der Waals surface area (Å²) in [7, 11) is 0. The summed E-state index contributed by atoms with van der Waals surface area (Å²) in [4.78, 5) is 0. The molecule has 0 nitrogen and oxygen atoms in total. The number of allylic oxidation sites excluding steroid dienone is 6. The third-order valence-electron chi connectivity index (χ3n) is 4.44. The molecule has 0 saturated heterocycles. The van der Waals surface area contributed by atoms with Crippen molar-refractivity contribution in [3.8, 4) is 0 Å². The van der Waals surface area contributed by atoms with Crippen molar-refractivity contribution in [3.05, 3.63) is 94.6 Å². The third kappa shape index (κ3) is 3.60. The molecule has 123 valence electrons. The van der Waals surface area contributed by atoms with Crippen LogP contribution < -0.4 is 7.02 Å². The van der Waals surface area contributed by atoms with E-state index in [0.29, 0.717) is 5.92 Å². The van der Waals surface area contributed by atoms with Gasteiger partial charge in [0.2, 0.25) is 0 Å². The Balaban J connectivity index is 2.28. The molecule has 1 aliphatic rings. The van der Waals surface area contributed by atoms with Crippen LogP contribution in [0.1, 0.15) is 20.3 Å². The van der Waals surface area contributed by atoms with E-state index in [4.69, 9.17) is 0 Å². The van der Waals surface area contributed by atoms with E-state index in [1.165, 1.54) is 4.37 Å². The van der Waals surface area contributed by atoms with Gasteiger partial charge < -0.3 is 0 Å². The van der Waals surface area contributed by atoms with E-state index >= 15 is 0 Å². The molecule has 1 heteroatoms. The van der Waals surface area contributed by atoms with Gasteiger partial charge in [0.05, 0.1) is 0 Å². The molecule has 0 aromatic heterocycles. The standard InChI is InChI=1S/C7H7.2C6H5.C4H9.Sb/c1-2-4-6-7-5-3-1;2*1-2-4-6-5-3-1;1-4(2)3;/h1-3,6-7H,4H2;2*1-5H;4H,1H2,2-3H3;. The van der Waals surface area contributed by atoms with Crippen LogP contribution in [0, 0.1) is 5.92 Å². The molecule has 0 N–H and O–H groups in total. The van der Waals surface area contributed by atoms with Gasteiger partial charge >= 0.3 is 151 Å². The Morgan fingerprint density at radius 1 is 0.833 bits per heavy atom. The third-order valence-corrected chi connectivity index (χ3v) is 18.2. The zero-order chi connectivity index (χ0) is 16.8. The molecule has 1 radical (unpaired) electrons. The van der Waals surface area contributed by atoms with Crippen molar-refractivity contribution in [1.82, 2.24) is 0 Å². The van der Waals surface area contributed by atoms with E-state index < -0.39 is 18.8 Å². The molecule has 0 fully saturated rings. The van der Waals surface area contributed by atoms with Gasteiger partial charge in [-0.2, -0.15) is 0 Å². The second-order valence-electron chi connectivity index (χ2n) is 6.72. The van der Waals surface area contributed by atoms with E-state index in [1.807, 2.05) is 0 Å². The van der Waals surface area contributed by atoms with Crippen LogP contribution >= 0.6 is 0 Å². The fraction of sp³-hybridized carbons (Fsp3) is 0.217. The summed E-state index contributed by atoms with van der Waals surface area (Å²) in [6.45, 7) is 4.73. The van der Waals surface area contributed by atoms with E-state index in [2.05, 4.69) is 105 Å². The Labute approximate surface area is 150 Å². The summed E-state index contributed by atoms with van der Waals surface area (Å²) in [6.07, 6.45) is 12.7. The van der Waals surface area contributed by atoms with Gasteiger partial charge in [0, 0.05) is 0 Å². The van der Waals surface area contributed by atoms with Gasteiger partial charge in [0.25, 0.3) is 0 Å². The number of hydrogen-bond donors (Lipinski definition) is 0. The molecule has 0 unspecified atom stereocenters. The SMILES string of the molecule is CC(C)[CH2][Sb]([C]1=CC=CCC=C1)([c]1ccccc1)[c]1ccccc1. The first-order valence-electron chi connectivity index (χ1n) is 8.77. The first kappa shape index (κ1) is 17.3. The van der Waals surface area contributed by atoms with Gasteiger partial charge in [-0.15, -0.1) is 0 Å². The predicted octanol–water partition coefficient (Wildman–Crippen LogP) is 4.89. The summed E-state index contributed by atoms with van der Waals surface area (Å²) in [5, 5.41) is 0. The number of benzene rings is 2. The summed E-state index contributed by atoms with van der Waals surface area (Å²) < 4.78 is 6.01. The predicted molar refractivity (Wildman–Crippen MR) is 109 cm³/mol. The molecule has 0 amide bonds. The van der Waals surface area contributed by atoms with Gasteiger partial charge in [-0.3, -0.25) is 0 Å². The van der Waals surface area contributed by atoms with Crippen molar-refractivity contribution in [3.63, 3.8) is 0 Å². The van der Waals surface area contributed by atoms with Gasteiger partial charge in [-0.1, -0.05) is 0 Å². The first-order chi connectivity index (χ1) is 11.7. The molecule has 0 aliphatic heterocycles. The van der Waals surface area contributed by atoms with Crippen molar-refractivity contribution in [2.24, 2.45) is 5.92 Å². The molecular weight excluding hydrogens is 398 g/mol. The van der Waals surface area contributed by atoms with Gasteiger partial charge in [-0.25, -0.2) is 0 Å². The van der Waals surface area contributed by atoms with E-state index in [-0.39, 0.29) is 0 Å². The Kier molecular flexibility index (Phi) is 5.79. The molecular formula is C23H26Sb. The summed E-state index contributed by atoms with van der Waals surface area (Å²) in [6, 6.07) is 22.6. The van der Waals surface area contributed by atoms with Crippen molar-refractivity contribution < 1.29 is 0 Å². The van der Waals surface area contributed by atoms with Crippen molar-refractivity contribution in [2.45, 2.75) is 24.6 Å². The Bertz CT molecular complexity index is 697. The van der Waals surface area contributed by atoms with E-state index in [0.717, 1.165) is 6.42 Å². The molecule has 0 spiro atoms. The molecule has 0 bridgehead atoms. The molecule has 0 saturated carbocycles. The molecule has 1 aliphatic carbocycles. The van der Waals surface area contributed by atoms with Crippen molar-refractivity contribution in [1.29, 1.82) is 0 Å². The van der Waals surface area contributed by atoms with Crippen LogP contribution in [0.5, 0.6) is 0 Å². The van der Waals surface area contributed by atoms with Crippen LogP contribution in [0.25, 0.3) is 0 Å². The topological polar surface area (TPSA) is 0 Å². The summed E-state index contributed by atoms with van der Waals surface area (Å²) in [5.74, 6) is 0.679. The summed E-state index contributed by atoms with van der Waals surface area (Å²) in [5.41, 5.74) is 0. The van der Waals surface area contributed by atoms with Crippen LogP contribution in [-0.4, -0.2) is 18.8 Å². The van der Waals surface area contributed by atoms with Crippen LogP contribution in [0.2, 0.25) is 4.37 Å². The normalized spacial score (nSPS) is 14.5. The molecule has 2 aromatic rings. The molecule has 0 heterocycles. The fourth-order valence-corrected chi connectivity index (χ4v) is 16.9. The maximum absolute atomic E-state index is 2.86. The molecule has 2 aromatic carbocycles. The minimum atomic E-state index is -2.86. The average Bonchev–Trinajstić information content (AvgIpc) is 2.91. The fourth-order valence-electron chi connectivity index (χ4n) is 3.50.